The van der Waals surface area contributed by atoms with Crippen LogP contribution >= 0.6 is 0 Å². The van der Waals surface area contributed by atoms with Gasteiger partial charge in [-0.05, 0) is 37.3 Å². The number of aryl methyl sites for hydroxylation is 1. The summed E-state index contributed by atoms with van der Waals surface area (Å²) in [5, 5.41) is 3.72. The van der Waals surface area contributed by atoms with E-state index in [1.165, 1.54) is 5.69 Å². The molecular weight excluding hydrogens is 420 g/mol. The summed E-state index contributed by atoms with van der Waals surface area (Å²) in [5.74, 6) is 0.0158. The molecule has 2 aromatic carbocycles. The molecule has 1 amide bonds. The van der Waals surface area contributed by atoms with Gasteiger partial charge in [0.25, 0.3) is 0 Å². The number of benzene rings is 2. The van der Waals surface area contributed by atoms with Crippen LogP contribution in [-0.4, -0.2) is 67.8 Å². The highest BCUT2D eigenvalue weighted by atomic mass is 16.5. The number of fused-ring (bicyclic) bond motifs is 1. The molecule has 0 aliphatic carbocycles. The van der Waals surface area contributed by atoms with E-state index < -0.39 is 5.97 Å². The summed E-state index contributed by atoms with van der Waals surface area (Å²) >= 11 is 0. The third-order valence-corrected chi connectivity index (χ3v) is 6.00. The Bertz CT molecular complexity index is 1130. The summed E-state index contributed by atoms with van der Waals surface area (Å²) in [6.45, 7) is 5.56. The summed E-state index contributed by atoms with van der Waals surface area (Å²) in [5.41, 5.74) is 2.79. The standard InChI is InChI=1S/C25H30N4O4/c1-4-33-25(31)24-23(20-16-19(32-3)10-11-21(20)27(24)2)26-22(30)17-28-12-14-29(15-13-28)18-8-6-5-7-9-18/h5-11,16H,4,12-15,17H2,1-3H3,(H,26,30). The summed E-state index contributed by atoms with van der Waals surface area (Å²) < 4.78 is 12.4. The second kappa shape index (κ2) is 9.95. The van der Waals surface area contributed by atoms with E-state index >= 15 is 0 Å². The van der Waals surface area contributed by atoms with Crippen LogP contribution in [0.5, 0.6) is 5.75 Å². The average Bonchev–Trinajstić information content (AvgIpc) is 3.10. The van der Waals surface area contributed by atoms with E-state index in [-0.39, 0.29) is 19.1 Å². The highest BCUT2D eigenvalue weighted by molar-refractivity contribution is 6.12. The van der Waals surface area contributed by atoms with Gasteiger partial charge in [-0.1, -0.05) is 18.2 Å². The second-order valence-corrected chi connectivity index (χ2v) is 8.03. The summed E-state index contributed by atoms with van der Waals surface area (Å²) in [6.07, 6.45) is 0. The van der Waals surface area contributed by atoms with Crippen molar-refractivity contribution in [2.24, 2.45) is 7.05 Å². The lowest BCUT2D eigenvalue weighted by Crippen LogP contribution is -2.48. The number of carbonyl (C=O) groups excluding carboxylic acids is 2. The van der Waals surface area contributed by atoms with Crippen LogP contribution in [0.25, 0.3) is 10.9 Å². The van der Waals surface area contributed by atoms with Gasteiger partial charge in [0.15, 0.2) is 5.69 Å². The molecule has 0 saturated carbocycles. The number of carbonyl (C=O) groups is 2. The number of esters is 1. The Morgan fingerprint density at radius 3 is 2.42 bits per heavy atom. The van der Waals surface area contributed by atoms with Crippen LogP contribution in [0.4, 0.5) is 11.4 Å². The van der Waals surface area contributed by atoms with Crippen molar-refractivity contribution < 1.29 is 19.1 Å². The first-order valence-corrected chi connectivity index (χ1v) is 11.2. The molecule has 1 N–H and O–H groups in total. The number of methoxy groups -OCH3 is 1. The van der Waals surface area contributed by atoms with Crippen molar-refractivity contribution in [1.82, 2.24) is 9.47 Å². The first kappa shape index (κ1) is 22.7. The molecule has 33 heavy (non-hydrogen) atoms. The topological polar surface area (TPSA) is 76.0 Å². The van der Waals surface area contributed by atoms with E-state index in [0.29, 0.717) is 17.1 Å². The number of nitrogens with one attached hydrogen (secondary N) is 1. The van der Waals surface area contributed by atoms with Crippen molar-refractivity contribution in [3.8, 4) is 5.75 Å². The summed E-state index contributed by atoms with van der Waals surface area (Å²) in [4.78, 5) is 30.2. The van der Waals surface area contributed by atoms with Gasteiger partial charge in [0, 0.05) is 44.3 Å². The molecule has 4 rings (SSSR count). The Morgan fingerprint density at radius 2 is 1.76 bits per heavy atom. The second-order valence-electron chi connectivity index (χ2n) is 8.03. The molecule has 1 aromatic heterocycles. The number of anilines is 2. The molecule has 3 aromatic rings. The van der Waals surface area contributed by atoms with Crippen molar-refractivity contribution in [3.05, 3.63) is 54.2 Å². The molecule has 0 unspecified atom stereocenters. The van der Waals surface area contributed by atoms with Gasteiger partial charge in [-0.15, -0.1) is 0 Å². The van der Waals surface area contributed by atoms with Crippen LogP contribution < -0.4 is 15.0 Å². The largest absolute Gasteiger partial charge is 0.497 e. The number of aromatic nitrogens is 1. The van der Waals surface area contributed by atoms with Gasteiger partial charge in [-0.2, -0.15) is 0 Å². The van der Waals surface area contributed by atoms with E-state index in [1.807, 2.05) is 36.4 Å². The number of ether oxygens (including phenoxy) is 2. The molecule has 0 radical (unpaired) electrons. The van der Waals surface area contributed by atoms with Gasteiger partial charge in [-0.3, -0.25) is 9.69 Å². The van der Waals surface area contributed by atoms with E-state index in [0.717, 1.165) is 37.1 Å². The zero-order valence-electron chi connectivity index (χ0n) is 19.3. The predicted octanol–water partition coefficient (Wildman–Crippen LogP) is 3.12. The molecule has 1 aliphatic heterocycles. The van der Waals surface area contributed by atoms with Gasteiger partial charge >= 0.3 is 5.97 Å². The van der Waals surface area contributed by atoms with Crippen molar-refractivity contribution in [2.75, 3.05) is 56.7 Å². The molecule has 1 fully saturated rings. The lowest BCUT2D eigenvalue weighted by molar-refractivity contribution is -0.117. The molecule has 0 bridgehead atoms. The fraction of sp³-hybridized carbons (Fsp3) is 0.360. The van der Waals surface area contributed by atoms with Crippen molar-refractivity contribution in [2.45, 2.75) is 6.92 Å². The average molecular weight is 451 g/mol. The van der Waals surface area contributed by atoms with Gasteiger partial charge in [0.05, 0.1) is 31.5 Å². The molecule has 2 heterocycles. The molecule has 174 valence electrons. The first-order valence-electron chi connectivity index (χ1n) is 11.2. The van der Waals surface area contributed by atoms with Crippen LogP contribution in [0.2, 0.25) is 0 Å². The fourth-order valence-electron chi connectivity index (χ4n) is 4.30. The van der Waals surface area contributed by atoms with E-state index in [4.69, 9.17) is 9.47 Å². The maximum Gasteiger partial charge on any atom is 0.357 e. The summed E-state index contributed by atoms with van der Waals surface area (Å²) in [6, 6.07) is 15.8. The lowest BCUT2D eigenvalue weighted by Gasteiger charge is -2.35. The minimum atomic E-state index is -0.470. The van der Waals surface area contributed by atoms with Crippen LogP contribution in [0.15, 0.2) is 48.5 Å². The predicted molar refractivity (Wildman–Crippen MR) is 129 cm³/mol. The quantitative estimate of drug-likeness (QED) is 0.558. The van der Waals surface area contributed by atoms with E-state index in [1.54, 1.807) is 25.6 Å². The zero-order valence-corrected chi connectivity index (χ0v) is 19.3. The lowest BCUT2D eigenvalue weighted by atomic mass is 10.2. The maximum absolute atomic E-state index is 13.0. The van der Waals surface area contributed by atoms with Crippen molar-refractivity contribution in [3.63, 3.8) is 0 Å². The van der Waals surface area contributed by atoms with Crippen LogP contribution in [0.3, 0.4) is 0 Å². The Morgan fingerprint density at radius 1 is 1.03 bits per heavy atom. The Balaban J connectivity index is 1.50. The van der Waals surface area contributed by atoms with Gasteiger partial charge in [0.1, 0.15) is 5.75 Å². The molecular formula is C25H30N4O4. The highest BCUT2D eigenvalue weighted by Crippen LogP contribution is 2.33. The third-order valence-electron chi connectivity index (χ3n) is 6.00. The number of para-hydroxylation sites is 1. The van der Waals surface area contributed by atoms with Crippen molar-refractivity contribution in [1.29, 1.82) is 0 Å². The minimum Gasteiger partial charge on any atom is -0.497 e. The molecule has 1 aliphatic rings. The normalized spacial score (nSPS) is 14.3. The van der Waals surface area contributed by atoms with Crippen LogP contribution in [-0.2, 0) is 16.6 Å². The smallest absolute Gasteiger partial charge is 0.357 e. The Kier molecular flexibility index (Phi) is 6.84. The summed E-state index contributed by atoms with van der Waals surface area (Å²) in [7, 11) is 3.38. The molecule has 0 spiro atoms. The Hall–Kier alpha value is -3.52. The number of piperazine rings is 1. The number of hydrogen-bond donors (Lipinski definition) is 1. The molecule has 1 saturated heterocycles. The molecule has 0 atom stereocenters. The van der Waals surface area contributed by atoms with E-state index in [2.05, 4.69) is 27.2 Å². The van der Waals surface area contributed by atoms with Crippen LogP contribution in [0.1, 0.15) is 17.4 Å². The van der Waals surface area contributed by atoms with Crippen molar-refractivity contribution >= 4 is 34.2 Å². The molecule has 8 heteroatoms. The zero-order chi connectivity index (χ0) is 23.4. The number of amides is 1. The highest BCUT2D eigenvalue weighted by Gasteiger charge is 2.25. The monoisotopic (exact) mass is 450 g/mol. The maximum atomic E-state index is 13.0. The third kappa shape index (κ3) is 4.80. The van der Waals surface area contributed by atoms with Gasteiger partial charge in [0.2, 0.25) is 5.91 Å². The van der Waals surface area contributed by atoms with Gasteiger partial charge < -0.3 is 24.3 Å². The number of hydrogen-bond acceptors (Lipinski definition) is 6. The first-order chi connectivity index (χ1) is 16.0. The van der Waals surface area contributed by atoms with E-state index in [9.17, 15) is 9.59 Å². The fourth-order valence-corrected chi connectivity index (χ4v) is 4.30. The minimum absolute atomic E-state index is 0.163. The SMILES string of the molecule is CCOC(=O)c1c(NC(=O)CN2CCN(c3ccccc3)CC2)c2cc(OC)ccc2n1C. The number of rotatable bonds is 7. The Labute approximate surface area is 193 Å². The van der Waals surface area contributed by atoms with Crippen LogP contribution in [0, 0.1) is 0 Å². The van der Waals surface area contributed by atoms with Gasteiger partial charge in [-0.25, -0.2) is 4.79 Å². The molecule has 8 nitrogen and oxygen atoms in total. The number of nitrogens with zero attached hydrogens (tertiary/aromatic N) is 3.